The van der Waals surface area contributed by atoms with Crippen molar-refractivity contribution in [1.82, 2.24) is 9.97 Å². The van der Waals surface area contributed by atoms with Gasteiger partial charge in [-0.2, -0.15) is 0 Å². The first kappa shape index (κ1) is 18.3. The number of para-hydroxylation sites is 1. The Labute approximate surface area is 170 Å². The van der Waals surface area contributed by atoms with Gasteiger partial charge in [-0.15, -0.1) is 0 Å². The van der Waals surface area contributed by atoms with Crippen LogP contribution in [0.5, 0.6) is 11.5 Å². The number of fused-ring (bicyclic) bond motifs is 1. The SMILES string of the molecule is COc1cccc(COc2ccc(Br)cc2-c2nc3ccccc3c(=O)[nH]2)c1. The van der Waals surface area contributed by atoms with Crippen molar-refractivity contribution in [3.05, 3.63) is 87.1 Å². The van der Waals surface area contributed by atoms with E-state index in [-0.39, 0.29) is 5.56 Å². The van der Waals surface area contributed by atoms with Crippen LogP contribution in [0.3, 0.4) is 0 Å². The second-order valence-corrected chi connectivity index (χ2v) is 7.13. The maximum Gasteiger partial charge on any atom is 0.259 e. The smallest absolute Gasteiger partial charge is 0.259 e. The average molecular weight is 437 g/mol. The van der Waals surface area contributed by atoms with Crippen LogP contribution >= 0.6 is 15.9 Å². The summed E-state index contributed by atoms with van der Waals surface area (Å²) in [6, 6.07) is 20.6. The Bertz CT molecular complexity index is 1200. The molecule has 1 N–H and O–H groups in total. The number of rotatable bonds is 5. The van der Waals surface area contributed by atoms with Gasteiger partial charge in [0.25, 0.3) is 5.56 Å². The highest BCUT2D eigenvalue weighted by Gasteiger charge is 2.12. The Morgan fingerprint density at radius 1 is 1.04 bits per heavy atom. The monoisotopic (exact) mass is 436 g/mol. The molecule has 28 heavy (non-hydrogen) atoms. The molecule has 140 valence electrons. The van der Waals surface area contributed by atoms with E-state index in [0.717, 1.165) is 15.8 Å². The first-order valence-corrected chi connectivity index (χ1v) is 9.48. The number of benzene rings is 3. The van der Waals surface area contributed by atoms with Crippen LogP contribution in [-0.4, -0.2) is 17.1 Å². The van der Waals surface area contributed by atoms with Crippen molar-refractivity contribution in [1.29, 1.82) is 0 Å². The topological polar surface area (TPSA) is 64.2 Å². The lowest BCUT2D eigenvalue weighted by Crippen LogP contribution is -2.10. The van der Waals surface area contributed by atoms with Crippen molar-refractivity contribution >= 4 is 26.8 Å². The van der Waals surface area contributed by atoms with Crippen LogP contribution in [0.25, 0.3) is 22.3 Å². The molecule has 0 amide bonds. The quantitative estimate of drug-likeness (QED) is 0.481. The number of hydrogen-bond donors (Lipinski definition) is 1. The molecule has 0 unspecified atom stereocenters. The third-order valence-electron chi connectivity index (χ3n) is 4.34. The summed E-state index contributed by atoms with van der Waals surface area (Å²) in [7, 11) is 1.63. The number of hydrogen-bond acceptors (Lipinski definition) is 4. The van der Waals surface area contributed by atoms with Crippen molar-refractivity contribution in [2.24, 2.45) is 0 Å². The number of nitrogens with one attached hydrogen (secondary N) is 1. The summed E-state index contributed by atoms with van der Waals surface area (Å²) in [5.74, 6) is 1.87. The Balaban J connectivity index is 1.72. The molecule has 1 aromatic heterocycles. The average Bonchev–Trinajstić information content (AvgIpc) is 2.73. The van der Waals surface area contributed by atoms with Crippen LogP contribution in [0, 0.1) is 0 Å². The molecule has 0 bridgehead atoms. The van der Waals surface area contributed by atoms with Crippen LogP contribution in [0.2, 0.25) is 0 Å². The van der Waals surface area contributed by atoms with Crippen LogP contribution in [-0.2, 0) is 6.61 Å². The number of H-pyrrole nitrogens is 1. The highest BCUT2D eigenvalue weighted by Crippen LogP contribution is 2.31. The summed E-state index contributed by atoms with van der Waals surface area (Å²) in [6.07, 6.45) is 0. The minimum Gasteiger partial charge on any atom is -0.497 e. The molecule has 0 spiro atoms. The molecule has 4 rings (SSSR count). The van der Waals surface area contributed by atoms with E-state index in [9.17, 15) is 4.79 Å². The summed E-state index contributed by atoms with van der Waals surface area (Å²) in [6.45, 7) is 0.365. The first-order chi connectivity index (χ1) is 13.6. The summed E-state index contributed by atoms with van der Waals surface area (Å²) in [4.78, 5) is 19.9. The van der Waals surface area contributed by atoms with Gasteiger partial charge in [-0.05, 0) is 48.0 Å². The molecule has 6 heteroatoms. The van der Waals surface area contributed by atoms with Gasteiger partial charge in [-0.1, -0.05) is 40.2 Å². The second kappa shape index (κ2) is 7.86. The zero-order valence-electron chi connectivity index (χ0n) is 15.1. The van der Waals surface area contributed by atoms with E-state index < -0.39 is 0 Å². The van der Waals surface area contributed by atoms with Gasteiger partial charge in [-0.3, -0.25) is 4.79 Å². The van der Waals surface area contributed by atoms with E-state index in [1.54, 1.807) is 13.2 Å². The van der Waals surface area contributed by atoms with Crippen molar-refractivity contribution in [2.45, 2.75) is 6.61 Å². The first-order valence-electron chi connectivity index (χ1n) is 8.69. The fourth-order valence-electron chi connectivity index (χ4n) is 2.95. The zero-order valence-corrected chi connectivity index (χ0v) is 16.7. The molecule has 0 aliphatic rings. The predicted octanol–water partition coefficient (Wildman–Crippen LogP) is 4.94. The van der Waals surface area contributed by atoms with E-state index in [0.29, 0.717) is 34.6 Å². The number of methoxy groups -OCH3 is 1. The van der Waals surface area contributed by atoms with Crippen molar-refractivity contribution in [2.75, 3.05) is 7.11 Å². The number of halogens is 1. The van der Waals surface area contributed by atoms with Crippen LogP contribution in [0.4, 0.5) is 0 Å². The number of aromatic nitrogens is 2. The Hall–Kier alpha value is -3.12. The third kappa shape index (κ3) is 3.77. The lowest BCUT2D eigenvalue weighted by molar-refractivity contribution is 0.306. The molecular weight excluding hydrogens is 420 g/mol. The molecule has 0 atom stereocenters. The van der Waals surface area contributed by atoms with Gasteiger partial charge in [-0.25, -0.2) is 4.98 Å². The lowest BCUT2D eigenvalue weighted by atomic mass is 10.1. The molecule has 0 saturated carbocycles. The zero-order chi connectivity index (χ0) is 19.5. The molecule has 0 fully saturated rings. The lowest BCUT2D eigenvalue weighted by Gasteiger charge is -2.13. The van der Waals surface area contributed by atoms with Crippen molar-refractivity contribution in [3.8, 4) is 22.9 Å². The second-order valence-electron chi connectivity index (χ2n) is 6.21. The summed E-state index contributed by atoms with van der Waals surface area (Å²) >= 11 is 3.48. The van der Waals surface area contributed by atoms with Gasteiger partial charge in [0.05, 0.1) is 23.6 Å². The minimum absolute atomic E-state index is 0.181. The molecule has 4 aromatic rings. The molecule has 0 saturated heterocycles. The maximum atomic E-state index is 12.5. The fraction of sp³-hybridized carbons (Fsp3) is 0.0909. The largest absolute Gasteiger partial charge is 0.497 e. The number of aromatic amines is 1. The van der Waals surface area contributed by atoms with Crippen LogP contribution < -0.4 is 15.0 Å². The maximum absolute atomic E-state index is 12.5. The third-order valence-corrected chi connectivity index (χ3v) is 4.83. The summed E-state index contributed by atoms with van der Waals surface area (Å²) in [5.41, 5.74) is 2.15. The standard InChI is InChI=1S/C22H17BrN2O3/c1-27-16-6-4-5-14(11-16)13-28-20-10-9-15(23)12-18(20)21-24-19-8-3-2-7-17(19)22(26)25-21/h2-12H,13H2,1H3,(H,24,25,26). The van der Waals surface area contributed by atoms with Gasteiger partial charge in [0.15, 0.2) is 0 Å². The number of nitrogens with zero attached hydrogens (tertiary/aromatic N) is 1. The van der Waals surface area contributed by atoms with Crippen molar-refractivity contribution in [3.63, 3.8) is 0 Å². The fourth-order valence-corrected chi connectivity index (χ4v) is 3.31. The van der Waals surface area contributed by atoms with E-state index in [1.807, 2.05) is 60.7 Å². The highest BCUT2D eigenvalue weighted by molar-refractivity contribution is 9.10. The minimum atomic E-state index is -0.181. The van der Waals surface area contributed by atoms with Gasteiger partial charge < -0.3 is 14.5 Å². The van der Waals surface area contributed by atoms with Crippen molar-refractivity contribution < 1.29 is 9.47 Å². The van der Waals surface area contributed by atoms with Crippen LogP contribution in [0.15, 0.2) is 76.0 Å². The molecule has 0 aliphatic heterocycles. The molecule has 1 heterocycles. The highest BCUT2D eigenvalue weighted by atomic mass is 79.9. The van der Waals surface area contributed by atoms with Gasteiger partial charge in [0, 0.05) is 4.47 Å². The van der Waals surface area contributed by atoms with E-state index >= 15 is 0 Å². The molecule has 0 radical (unpaired) electrons. The Kier molecular flexibility index (Phi) is 5.12. The Morgan fingerprint density at radius 2 is 1.89 bits per heavy atom. The summed E-state index contributed by atoms with van der Waals surface area (Å²) in [5, 5.41) is 0.556. The van der Waals surface area contributed by atoms with Gasteiger partial charge >= 0.3 is 0 Å². The molecule has 0 aliphatic carbocycles. The molecule has 3 aromatic carbocycles. The normalized spacial score (nSPS) is 10.8. The van der Waals surface area contributed by atoms with E-state index in [1.165, 1.54) is 0 Å². The predicted molar refractivity (Wildman–Crippen MR) is 113 cm³/mol. The molecular formula is C22H17BrN2O3. The number of ether oxygens (including phenoxy) is 2. The van der Waals surface area contributed by atoms with Gasteiger partial charge in [0.2, 0.25) is 0 Å². The summed E-state index contributed by atoms with van der Waals surface area (Å²) < 4.78 is 12.2. The van der Waals surface area contributed by atoms with E-state index in [2.05, 4.69) is 25.9 Å². The van der Waals surface area contributed by atoms with Crippen LogP contribution in [0.1, 0.15) is 5.56 Å². The Morgan fingerprint density at radius 3 is 2.75 bits per heavy atom. The van der Waals surface area contributed by atoms with E-state index in [4.69, 9.17) is 9.47 Å². The molecule has 5 nitrogen and oxygen atoms in total. The van der Waals surface area contributed by atoms with Gasteiger partial charge in [0.1, 0.15) is 23.9 Å².